The highest BCUT2D eigenvalue weighted by atomic mass is 32.2. The normalized spacial score (nSPS) is 11.6. The maximum Gasteiger partial charge on any atom is 0.199 e. The molecule has 0 aliphatic heterocycles. The van der Waals surface area contributed by atoms with Crippen LogP contribution < -0.4 is 4.74 Å². The number of hydrogen-bond donors (Lipinski definition) is 0. The van der Waals surface area contributed by atoms with Crippen molar-refractivity contribution in [2.45, 2.75) is 4.90 Å². The molecule has 3 nitrogen and oxygen atoms in total. The van der Waals surface area contributed by atoms with E-state index in [0.29, 0.717) is 5.75 Å². The fourth-order valence-electron chi connectivity index (χ4n) is 1.66. The van der Waals surface area contributed by atoms with E-state index in [2.05, 4.69) is 0 Å². The summed E-state index contributed by atoms with van der Waals surface area (Å²) >= 11 is 0. The average molecular weight is 274 g/mol. The van der Waals surface area contributed by atoms with Gasteiger partial charge >= 0.3 is 0 Å². The van der Waals surface area contributed by atoms with Gasteiger partial charge in [-0.2, -0.15) is 0 Å². The van der Waals surface area contributed by atoms with Crippen molar-refractivity contribution in [3.8, 4) is 5.75 Å². The van der Waals surface area contributed by atoms with E-state index in [1.54, 1.807) is 55.7 Å². The fourth-order valence-corrected chi connectivity index (χ4v) is 2.68. The summed E-state index contributed by atoms with van der Waals surface area (Å²) < 4.78 is 29.3. The van der Waals surface area contributed by atoms with Crippen molar-refractivity contribution < 1.29 is 13.2 Å². The van der Waals surface area contributed by atoms with Gasteiger partial charge in [-0.15, -0.1) is 0 Å². The van der Waals surface area contributed by atoms with Crippen LogP contribution in [0, 0.1) is 0 Å². The van der Waals surface area contributed by atoms with Crippen LogP contribution in [-0.2, 0) is 9.84 Å². The Bertz CT molecular complexity index is 674. The molecule has 0 unspecified atom stereocenters. The summed E-state index contributed by atoms with van der Waals surface area (Å²) in [5, 5.41) is 1.19. The molecular formula is C15H14O3S. The van der Waals surface area contributed by atoms with Gasteiger partial charge in [-0.05, 0) is 24.3 Å². The third-order valence-corrected chi connectivity index (χ3v) is 4.06. The lowest BCUT2D eigenvalue weighted by Crippen LogP contribution is -1.95. The minimum Gasteiger partial charge on any atom is -0.496 e. The molecule has 0 fully saturated rings. The molecule has 2 aromatic carbocycles. The second kappa shape index (κ2) is 5.71. The molecule has 0 spiro atoms. The smallest absolute Gasteiger partial charge is 0.199 e. The van der Waals surface area contributed by atoms with Crippen molar-refractivity contribution in [1.82, 2.24) is 0 Å². The Kier molecular flexibility index (Phi) is 4.02. The fraction of sp³-hybridized carbons (Fsp3) is 0.0667. The zero-order valence-corrected chi connectivity index (χ0v) is 11.3. The number of benzene rings is 2. The lowest BCUT2D eigenvalue weighted by molar-refractivity contribution is 0.414. The molecule has 0 N–H and O–H groups in total. The summed E-state index contributed by atoms with van der Waals surface area (Å²) in [5.74, 6) is 0.641. The molecule has 0 bridgehead atoms. The molecule has 0 saturated carbocycles. The van der Waals surface area contributed by atoms with Crippen LogP contribution in [0.1, 0.15) is 5.56 Å². The second-order valence-corrected chi connectivity index (χ2v) is 5.74. The lowest BCUT2D eigenvalue weighted by Gasteiger charge is -2.03. The van der Waals surface area contributed by atoms with Gasteiger partial charge in [0.05, 0.1) is 12.0 Å². The summed E-state index contributed by atoms with van der Waals surface area (Å²) in [6.07, 6.45) is 1.54. The quantitative estimate of drug-likeness (QED) is 0.860. The van der Waals surface area contributed by atoms with Crippen LogP contribution in [0.15, 0.2) is 64.9 Å². The number of para-hydroxylation sites is 1. The summed E-state index contributed by atoms with van der Waals surface area (Å²) in [5.41, 5.74) is 0.726. The van der Waals surface area contributed by atoms with Crippen LogP contribution >= 0.6 is 0 Å². The molecule has 0 atom stereocenters. The summed E-state index contributed by atoms with van der Waals surface area (Å²) in [6, 6.07) is 15.6. The van der Waals surface area contributed by atoms with Crippen molar-refractivity contribution in [3.05, 3.63) is 65.6 Å². The number of rotatable bonds is 4. The maximum absolute atomic E-state index is 12.1. The van der Waals surface area contributed by atoms with Crippen LogP contribution in [0.2, 0.25) is 0 Å². The van der Waals surface area contributed by atoms with Crippen LogP contribution in [0.4, 0.5) is 0 Å². The molecule has 98 valence electrons. The van der Waals surface area contributed by atoms with Crippen molar-refractivity contribution in [2.24, 2.45) is 0 Å². The van der Waals surface area contributed by atoms with E-state index < -0.39 is 9.84 Å². The Morgan fingerprint density at radius 2 is 1.58 bits per heavy atom. The van der Waals surface area contributed by atoms with Gasteiger partial charge in [-0.1, -0.05) is 36.4 Å². The van der Waals surface area contributed by atoms with Gasteiger partial charge in [0, 0.05) is 11.0 Å². The van der Waals surface area contributed by atoms with Gasteiger partial charge in [-0.3, -0.25) is 0 Å². The van der Waals surface area contributed by atoms with E-state index >= 15 is 0 Å². The predicted octanol–water partition coefficient (Wildman–Crippen LogP) is 3.14. The van der Waals surface area contributed by atoms with Gasteiger partial charge in [0.25, 0.3) is 0 Å². The second-order valence-electron chi connectivity index (χ2n) is 3.90. The first kappa shape index (κ1) is 13.4. The van der Waals surface area contributed by atoms with Crippen molar-refractivity contribution in [2.75, 3.05) is 7.11 Å². The van der Waals surface area contributed by atoms with Crippen LogP contribution in [-0.4, -0.2) is 15.5 Å². The van der Waals surface area contributed by atoms with Crippen molar-refractivity contribution >= 4 is 15.9 Å². The Balaban J connectivity index is 2.33. The first-order valence-corrected chi connectivity index (χ1v) is 7.29. The predicted molar refractivity (Wildman–Crippen MR) is 75.7 cm³/mol. The monoisotopic (exact) mass is 274 g/mol. The largest absolute Gasteiger partial charge is 0.496 e. The first-order chi connectivity index (χ1) is 9.13. The topological polar surface area (TPSA) is 43.4 Å². The molecule has 0 radical (unpaired) electrons. The molecule has 19 heavy (non-hydrogen) atoms. The van der Waals surface area contributed by atoms with Gasteiger partial charge in [0.15, 0.2) is 9.84 Å². The SMILES string of the molecule is COc1ccccc1/C=C/S(=O)(=O)c1ccccc1. The first-order valence-electron chi connectivity index (χ1n) is 5.75. The van der Waals surface area contributed by atoms with Gasteiger partial charge in [0.1, 0.15) is 5.75 Å². The van der Waals surface area contributed by atoms with Crippen LogP contribution in [0.5, 0.6) is 5.75 Å². The van der Waals surface area contributed by atoms with Crippen LogP contribution in [0.3, 0.4) is 0 Å². The lowest BCUT2D eigenvalue weighted by atomic mass is 10.2. The molecule has 4 heteroatoms. The standard InChI is InChI=1S/C15H14O3S/c1-18-15-10-6-5-7-13(15)11-12-19(16,17)14-8-3-2-4-9-14/h2-12H,1H3/b12-11+. The van der Waals surface area contributed by atoms with Gasteiger partial charge in [-0.25, -0.2) is 8.42 Å². The minimum absolute atomic E-state index is 0.279. The van der Waals surface area contributed by atoms with E-state index in [1.165, 1.54) is 5.41 Å². The minimum atomic E-state index is -3.42. The van der Waals surface area contributed by atoms with E-state index in [9.17, 15) is 8.42 Å². The molecule has 0 heterocycles. The maximum atomic E-state index is 12.1. The summed E-state index contributed by atoms with van der Waals surface area (Å²) in [7, 11) is -1.87. The highest BCUT2D eigenvalue weighted by Gasteiger charge is 2.09. The molecule has 2 aromatic rings. The number of methoxy groups -OCH3 is 1. The molecular weight excluding hydrogens is 260 g/mol. The summed E-state index contributed by atoms with van der Waals surface area (Å²) in [4.78, 5) is 0.279. The van der Waals surface area contributed by atoms with Gasteiger partial charge < -0.3 is 4.74 Å². The Morgan fingerprint density at radius 1 is 0.947 bits per heavy atom. The van der Waals surface area contributed by atoms with E-state index in [4.69, 9.17) is 4.74 Å². The Morgan fingerprint density at radius 3 is 2.26 bits per heavy atom. The highest BCUT2D eigenvalue weighted by molar-refractivity contribution is 7.94. The van der Waals surface area contributed by atoms with E-state index in [1.807, 2.05) is 12.1 Å². The summed E-state index contributed by atoms with van der Waals surface area (Å²) in [6.45, 7) is 0. The Hall–Kier alpha value is -2.07. The van der Waals surface area contributed by atoms with E-state index in [-0.39, 0.29) is 4.90 Å². The van der Waals surface area contributed by atoms with Crippen molar-refractivity contribution in [3.63, 3.8) is 0 Å². The molecule has 2 rings (SSSR count). The van der Waals surface area contributed by atoms with Crippen molar-refractivity contribution in [1.29, 1.82) is 0 Å². The van der Waals surface area contributed by atoms with Crippen LogP contribution in [0.25, 0.3) is 6.08 Å². The molecule has 0 aliphatic carbocycles. The molecule has 0 amide bonds. The number of ether oxygens (including phenoxy) is 1. The Labute approximate surface area is 113 Å². The number of hydrogen-bond acceptors (Lipinski definition) is 3. The molecule has 0 aliphatic rings. The molecule has 0 saturated heterocycles. The zero-order valence-electron chi connectivity index (χ0n) is 10.5. The van der Waals surface area contributed by atoms with Gasteiger partial charge in [0.2, 0.25) is 0 Å². The zero-order chi connectivity index (χ0) is 13.7. The third-order valence-electron chi connectivity index (χ3n) is 2.64. The highest BCUT2D eigenvalue weighted by Crippen LogP contribution is 2.20. The van der Waals surface area contributed by atoms with E-state index in [0.717, 1.165) is 5.56 Å². The average Bonchev–Trinajstić information content (AvgIpc) is 2.46. The number of sulfone groups is 1. The third kappa shape index (κ3) is 3.23. The molecule has 0 aromatic heterocycles.